The fourth-order valence-electron chi connectivity index (χ4n) is 2.53. The van der Waals surface area contributed by atoms with Gasteiger partial charge < -0.3 is 5.32 Å². The van der Waals surface area contributed by atoms with Crippen molar-refractivity contribution in [1.82, 2.24) is 24.9 Å². The molecule has 0 aliphatic heterocycles. The Morgan fingerprint density at radius 3 is 2.84 bits per heavy atom. The Hall–Kier alpha value is -2.12. The molecule has 25 heavy (non-hydrogen) atoms. The molecule has 8 heteroatoms. The van der Waals surface area contributed by atoms with Crippen molar-refractivity contribution in [1.29, 1.82) is 0 Å². The molecular weight excluding hydrogens is 358 g/mol. The smallest absolute Gasteiger partial charge is 0.253 e. The number of benzene rings is 1. The maximum Gasteiger partial charge on any atom is 0.253 e. The van der Waals surface area contributed by atoms with Gasteiger partial charge in [0.15, 0.2) is 0 Å². The first-order valence-corrected chi connectivity index (χ1v) is 9.18. The zero-order chi connectivity index (χ0) is 18.0. The van der Waals surface area contributed by atoms with Crippen LogP contribution in [0.5, 0.6) is 0 Å². The number of aryl methyl sites for hydroxylation is 2. The van der Waals surface area contributed by atoms with E-state index in [9.17, 15) is 4.79 Å². The highest BCUT2D eigenvalue weighted by atomic mass is 35.5. The van der Waals surface area contributed by atoms with Gasteiger partial charge in [-0.3, -0.25) is 4.79 Å². The van der Waals surface area contributed by atoms with E-state index in [0.717, 1.165) is 17.0 Å². The van der Waals surface area contributed by atoms with Gasteiger partial charge in [0.05, 0.1) is 11.8 Å². The number of aromatic nitrogens is 4. The molecule has 130 valence electrons. The maximum absolute atomic E-state index is 12.2. The van der Waals surface area contributed by atoms with Gasteiger partial charge in [-0.25, -0.2) is 9.50 Å². The van der Waals surface area contributed by atoms with Crippen molar-refractivity contribution in [2.24, 2.45) is 0 Å². The van der Waals surface area contributed by atoms with Crippen LogP contribution >= 0.6 is 23.4 Å². The molecule has 1 amide bonds. The van der Waals surface area contributed by atoms with Crippen molar-refractivity contribution in [3.05, 3.63) is 52.3 Å². The Morgan fingerprint density at radius 1 is 1.32 bits per heavy atom. The zero-order valence-electron chi connectivity index (χ0n) is 14.2. The number of hydrogen-bond acceptors (Lipinski definition) is 5. The Labute approximate surface area is 155 Å². The van der Waals surface area contributed by atoms with Gasteiger partial charge in [-0.05, 0) is 38.5 Å². The van der Waals surface area contributed by atoms with E-state index < -0.39 is 0 Å². The second-order valence-corrected chi connectivity index (χ2v) is 7.09. The molecule has 2 heterocycles. The Balaban J connectivity index is 1.63. The molecule has 0 radical (unpaired) electrons. The predicted octanol–water partition coefficient (Wildman–Crippen LogP) is 3.36. The minimum absolute atomic E-state index is 0.0999. The molecule has 0 aliphatic carbocycles. The fraction of sp³-hybridized carbons (Fsp3) is 0.294. The molecule has 1 N–H and O–H groups in total. The number of thioether (sulfide) groups is 1. The summed E-state index contributed by atoms with van der Waals surface area (Å²) in [5.41, 5.74) is 2.74. The van der Waals surface area contributed by atoms with Crippen molar-refractivity contribution < 1.29 is 4.79 Å². The average molecular weight is 376 g/mol. The summed E-state index contributed by atoms with van der Waals surface area (Å²) in [5.74, 6) is 0.672. The third-order valence-electron chi connectivity index (χ3n) is 3.68. The van der Waals surface area contributed by atoms with Crippen LogP contribution in [0.3, 0.4) is 0 Å². The zero-order valence-corrected chi connectivity index (χ0v) is 15.7. The summed E-state index contributed by atoms with van der Waals surface area (Å²) in [5, 5.41) is 8.49. The van der Waals surface area contributed by atoms with Gasteiger partial charge in [0.2, 0.25) is 11.1 Å². The minimum atomic E-state index is -0.164. The van der Waals surface area contributed by atoms with E-state index in [2.05, 4.69) is 20.4 Å². The fourth-order valence-corrected chi connectivity index (χ4v) is 3.45. The minimum Gasteiger partial charge on any atom is -0.349 e. The Kier molecular flexibility index (Phi) is 5.24. The number of carbonyl (C=O) groups is 1. The molecular formula is C17H18ClN5OS. The highest BCUT2D eigenvalue weighted by molar-refractivity contribution is 7.99. The van der Waals surface area contributed by atoms with Crippen LogP contribution in [-0.4, -0.2) is 31.2 Å². The van der Waals surface area contributed by atoms with Crippen LogP contribution in [0.2, 0.25) is 5.02 Å². The first-order valence-electron chi connectivity index (χ1n) is 7.81. The number of fused-ring (bicyclic) bond motifs is 1. The molecule has 1 atom stereocenters. The standard InChI is InChI=1S/C17H18ClN5OS/c1-10-8-11(2)23-16(19-10)21-17(22-23)25-9-15(24)20-12(3)13-6-4-5-7-14(13)18/h4-8,12H,9H2,1-3H3,(H,20,24)/t12-/m0/s1. The van der Waals surface area contributed by atoms with E-state index in [0.29, 0.717) is 16.0 Å². The molecule has 0 bridgehead atoms. The SMILES string of the molecule is Cc1cc(C)n2nc(SCC(=O)N[C@@H](C)c3ccccc3Cl)nc2n1. The largest absolute Gasteiger partial charge is 0.349 e. The molecule has 0 saturated heterocycles. The summed E-state index contributed by atoms with van der Waals surface area (Å²) in [6, 6.07) is 9.25. The lowest BCUT2D eigenvalue weighted by Crippen LogP contribution is -2.28. The quantitative estimate of drug-likeness (QED) is 0.692. The van der Waals surface area contributed by atoms with Crippen LogP contribution in [0, 0.1) is 13.8 Å². The van der Waals surface area contributed by atoms with Crippen LogP contribution in [0.1, 0.15) is 29.9 Å². The molecule has 0 unspecified atom stereocenters. The summed E-state index contributed by atoms with van der Waals surface area (Å²) in [6.07, 6.45) is 0. The number of nitrogens with zero attached hydrogens (tertiary/aromatic N) is 4. The summed E-state index contributed by atoms with van der Waals surface area (Å²) < 4.78 is 1.68. The van der Waals surface area contributed by atoms with Gasteiger partial charge in [-0.2, -0.15) is 4.98 Å². The lowest BCUT2D eigenvalue weighted by atomic mass is 10.1. The number of amides is 1. The molecule has 0 fully saturated rings. The summed E-state index contributed by atoms with van der Waals surface area (Å²) >= 11 is 7.44. The topological polar surface area (TPSA) is 72.2 Å². The van der Waals surface area contributed by atoms with E-state index in [1.165, 1.54) is 11.8 Å². The number of hydrogen-bond donors (Lipinski definition) is 1. The summed E-state index contributed by atoms with van der Waals surface area (Å²) in [7, 11) is 0. The van der Waals surface area contributed by atoms with Crippen LogP contribution < -0.4 is 5.32 Å². The lowest BCUT2D eigenvalue weighted by Gasteiger charge is -2.15. The lowest BCUT2D eigenvalue weighted by molar-refractivity contribution is -0.119. The van der Waals surface area contributed by atoms with E-state index in [-0.39, 0.29) is 17.7 Å². The highest BCUT2D eigenvalue weighted by Crippen LogP contribution is 2.22. The van der Waals surface area contributed by atoms with Crippen LogP contribution in [0.15, 0.2) is 35.5 Å². The second-order valence-electron chi connectivity index (χ2n) is 5.74. The van der Waals surface area contributed by atoms with E-state index >= 15 is 0 Å². The molecule has 3 rings (SSSR count). The molecule has 0 saturated carbocycles. The predicted molar refractivity (Wildman–Crippen MR) is 99.0 cm³/mol. The van der Waals surface area contributed by atoms with Crippen molar-refractivity contribution in [3.63, 3.8) is 0 Å². The van der Waals surface area contributed by atoms with Crippen molar-refractivity contribution in [2.45, 2.75) is 32.0 Å². The normalized spacial score (nSPS) is 12.3. The molecule has 0 spiro atoms. The van der Waals surface area contributed by atoms with Crippen LogP contribution in [-0.2, 0) is 4.79 Å². The maximum atomic E-state index is 12.2. The molecule has 3 aromatic rings. The number of nitrogens with one attached hydrogen (secondary N) is 1. The van der Waals surface area contributed by atoms with Gasteiger partial charge in [-0.15, -0.1) is 5.10 Å². The van der Waals surface area contributed by atoms with Crippen molar-refractivity contribution in [3.8, 4) is 0 Å². The molecule has 2 aromatic heterocycles. The van der Waals surface area contributed by atoms with E-state index in [4.69, 9.17) is 11.6 Å². The summed E-state index contributed by atoms with van der Waals surface area (Å²) in [6.45, 7) is 5.77. The Morgan fingerprint density at radius 2 is 2.08 bits per heavy atom. The third kappa shape index (κ3) is 4.11. The van der Waals surface area contributed by atoms with Crippen molar-refractivity contribution >= 4 is 35.0 Å². The summed E-state index contributed by atoms with van der Waals surface area (Å²) in [4.78, 5) is 20.9. The highest BCUT2D eigenvalue weighted by Gasteiger charge is 2.14. The van der Waals surface area contributed by atoms with E-state index in [1.807, 2.05) is 51.1 Å². The van der Waals surface area contributed by atoms with Gasteiger partial charge in [0.1, 0.15) is 0 Å². The first kappa shape index (κ1) is 17.7. The van der Waals surface area contributed by atoms with Crippen molar-refractivity contribution in [2.75, 3.05) is 5.75 Å². The average Bonchev–Trinajstić information content (AvgIpc) is 2.96. The van der Waals surface area contributed by atoms with Gasteiger partial charge >= 0.3 is 0 Å². The number of carbonyl (C=O) groups excluding carboxylic acids is 1. The first-order chi connectivity index (χ1) is 11.9. The number of halogens is 1. The molecule has 0 aliphatic rings. The molecule has 6 nitrogen and oxygen atoms in total. The number of rotatable bonds is 5. The van der Waals surface area contributed by atoms with E-state index in [1.54, 1.807) is 4.52 Å². The molecule has 1 aromatic carbocycles. The third-order valence-corrected chi connectivity index (χ3v) is 4.86. The monoisotopic (exact) mass is 375 g/mol. The van der Waals surface area contributed by atoms with Crippen LogP contribution in [0.4, 0.5) is 0 Å². The van der Waals surface area contributed by atoms with Gasteiger partial charge in [0.25, 0.3) is 5.78 Å². The van der Waals surface area contributed by atoms with Crippen LogP contribution in [0.25, 0.3) is 5.78 Å². The Bertz CT molecular complexity index is 927. The van der Waals surface area contributed by atoms with Gasteiger partial charge in [-0.1, -0.05) is 41.6 Å². The second kappa shape index (κ2) is 7.41. The van der Waals surface area contributed by atoms with Gasteiger partial charge in [0, 0.05) is 16.4 Å².